The van der Waals surface area contributed by atoms with E-state index in [4.69, 9.17) is 0 Å². The molecule has 1 rings (SSSR count). The van der Waals surface area contributed by atoms with Gasteiger partial charge in [0.2, 0.25) is 0 Å². The molecule has 1 aromatic rings. The highest BCUT2D eigenvalue weighted by molar-refractivity contribution is 7.99. The van der Waals surface area contributed by atoms with Gasteiger partial charge in [0.15, 0.2) is 0 Å². The molecule has 2 nitrogen and oxygen atoms in total. The van der Waals surface area contributed by atoms with Gasteiger partial charge in [-0.1, -0.05) is 19.1 Å². The molecule has 0 N–H and O–H groups in total. The average Bonchev–Trinajstić information content (AvgIpc) is 2.34. The minimum absolute atomic E-state index is 0.126. The summed E-state index contributed by atoms with van der Waals surface area (Å²) in [6, 6.07) is 5.32. The van der Waals surface area contributed by atoms with Crippen LogP contribution in [0.25, 0.3) is 0 Å². The van der Waals surface area contributed by atoms with Crippen LogP contribution in [0.15, 0.2) is 29.2 Å². The fourth-order valence-corrected chi connectivity index (χ4v) is 2.39. The number of carbonyl (C=O) groups is 1. The van der Waals surface area contributed by atoms with E-state index >= 15 is 0 Å². The number of ether oxygens (including phenoxy) is 1. The van der Waals surface area contributed by atoms with Crippen LogP contribution in [0, 0.1) is 5.92 Å². The van der Waals surface area contributed by atoms with Crippen LogP contribution in [0.1, 0.15) is 12.5 Å². The fraction of sp³-hybridized carbons (Fsp3) is 0.417. The first-order valence-corrected chi connectivity index (χ1v) is 6.21. The number of rotatable bonds is 4. The maximum absolute atomic E-state index is 12.7. The van der Waals surface area contributed by atoms with Crippen molar-refractivity contribution in [1.29, 1.82) is 0 Å². The van der Waals surface area contributed by atoms with Gasteiger partial charge in [0, 0.05) is 10.6 Å². The van der Waals surface area contributed by atoms with Crippen LogP contribution in [-0.4, -0.2) is 18.8 Å². The SMILES string of the molecule is COC(=O)C(C)CSc1ccccc1C(F)(F)F. The topological polar surface area (TPSA) is 26.3 Å². The first-order valence-electron chi connectivity index (χ1n) is 5.23. The Morgan fingerprint density at radius 1 is 1.39 bits per heavy atom. The first-order chi connectivity index (χ1) is 8.36. The number of benzene rings is 1. The van der Waals surface area contributed by atoms with E-state index in [2.05, 4.69) is 4.74 Å². The second-order valence-electron chi connectivity index (χ2n) is 3.73. The molecular weight excluding hydrogens is 265 g/mol. The molecular formula is C12H13F3O2S. The molecule has 100 valence electrons. The molecule has 6 heteroatoms. The van der Waals surface area contributed by atoms with E-state index in [-0.39, 0.29) is 10.6 Å². The predicted molar refractivity (Wildman–Crippen MR) is 63.3 cm³/mol. The van der Waals surface area contributed by atoms with Crippen molar-refractivity contribution in [2.24, 2.45) is 5.92 Å². The van der Waals surface area contributed by atoms with Crippen LogP contribution in [0.5, 0.6) is 0 Å². The minimum Gasteiger partial charge on any atom is -0.469 e. The van der Waals surface area contributed by atoms with Crippen LogP contribution >= 0.6 is 11.8 Å². The monoisotopic (exact) mass is 278 g/mol. The zero-order valence-electron chi connectivity index (χ0n) is 9.95. The number of alkyl halides is 3. The second-order valence-corrected chi connectivity index (χ2v) is 4.79. The van der Waals surface area contributed by atoms with E-state index in [9.17, 15) is 18.0 Å². The third kappa shape index (κ3) is 3.94. The van der Waals surface area contributed by atoms with Crippen molar-refractivity contribution < 1.29 is 22.7 Å². The smallest absolute Gasteiger partial charge is 0.417 e. The van der Waals surface area contributed by atoms with Gasteiger partial charge >= 0.3 is 12.1 Å². The van der Waals surface area contributed by atoms with Crippen molar-refractivity contribution in [1.82, 2.24) is 0 Å². The Morgan fingerprint density at radius 2 is 2.00 bits per heavy atom. The number of hydrogen-bond donors (Lipinski definition) is 0. The van der Waals surface area contributed by atoms with Crippen LogP contribution < -0.4 is 0 Å². The average molecular weight is 278 g/mol. The Labute approximate surface area is 108 Å². The zero-order chi connectivity index (χ0) is 13.8. The number of methoxy groups -OCH3 is 1. The van der Waals surface area contributed by atoms with Crippen molar-refractivity contribution >= 4 is 17.7 Å². The van der Waals surface area contributed by atoms with Gasteiger partial charge < -0.3 is 4.74 Å². The summed E-state index contributed by atoms with van der Waals surface area (Å²) in [5.74, 6) is -0.618. The molecule has 0 heterocycles. The van der Waals surface area contributed by atoms with E-state index in [1.165, 1.54) is 19.2 Å². The Bertz CT molecular complexity index is 418. The highest BCUT2D eigenvalue weighted by atomic mass is 32.2. The highest BCUT2D eigenvalue weighted by Gasteiger charge is 2.33. The van der Waals surface area contributed by atoms with Gasteiger partial charge in [-0.25, -0.2) is 0 Å². The van der Waals surface area contributed by atoms with E-state index in [1.54, 1.807) is 13.0 Å². The summed E-state index contributed by atoms with van der Waals surface area (Å²) in [5, 5.41) is 0. The van der Waals surface area contributed by atoms with Crippen molar-refractivity contribution in [2.45, 2.75) is 18.0 Å². The number of halogens is 3. The van der Waals surface area contributed by atoms with Crippen LogP contribution in [0.2, 0.25) is 0 Å². The molecule has 1 unspecified atom stereocenters. The Balaban J connectivity index is 2.77. The number of hydrogen-bond acceptors (Lipinski definition) is 3. The standard InChI is InChI=1S/C12H13F3O2S/c1-8(11(16)17-2)7-18-10-6-4-3-5-9(10)12(13,14)15/h3-6,8H,7H2,1-2H3. The predicted octanol–water partition coefficient (Wildman–Crippen LogP) is 3.61. The fourth-order valence-electron chi connectivity index (χ4n) is 1.31. The molecule has 1 atom stereocenters. The van der Waals surface area contributed by atoms with Crippen molar-refractivity contribution in [3.63, 3.8) is 0 Å². The molecule has 0 aliphatic rings. The van der Waals surface area contributed by atoms with Gasteiger partial charge in [-0.15, -0.1) is 11.8 Å². The molecule has 0 saturated carbocycles. The largest absolute Gasteiger partial charge is 0.469 e. The van der Waals surface area contributed by atoms with Crippen LogP contribution in [0.3, 0.4) is 0 Å². The summed E-state index contributed by atoms with van der Waals surface area (Å²) in [6.07, 6.45) is -4.38. The summed E-state index contributed by atoms with van der Waals surface area (Å²) in [5.41, 5.74) is -0.674. The molecule has 0 aliphatic heterocycles. The molecule has 0 aliphatic carbocycles. The molecule has 1 aromatic carbocycles. The first kappa shape index (κ1) is 14.9. The molecule has 0 amide bonds. The van der Waals surface area contributed by atoms with Crippen molar-refractivity contribution in [3.05, 3.63) is 29.8 Å². The Kier molecular flexibility index (Phi) is 5.07. The maximum atomic E-state index is 12.7. The summed E-state index contributed by atoms with van der Waals surface area (Å²) < 4.78 is 42.6. The van der Waals surface area contributed by atoms with E-state index in [1.807, 2.05) is 0 Å². The molecule has 0 fully saturated rings. The minimum atomic E-state index is -4.38. The molecule has 0 spiro atoms. The van der Waals surface area contributed by atoms with Gasteiger partial charge in [0.1, 0.15) is 0 Å². The lowest BCUT2D eigenvalue weighted by molar-refractivity contribution is -0.144. The van der Waals surface area contributed by atoms with Gasteiger partial charge in [-0.3, -0.25) is 4.79 Å². The van der Waals surface area contributed by atoms with Gasteiger partial charge in [-0.2, -0.15) is 13.2 Å². The molecule has 0 bridgehead atoms. The Hall–Kier alpha value is -1.17. The van der Waals surface area contributed by atoms with Crippen LogP contribution in [0.4, 0.5) is 13.2 Å². The lowest BCUT2D eigenvalue weighted by atomic mass is 10.2. The lowest BCUT2D eigenvalue weighted by Crippen LogP contribution is -2.15. The summed E-state index contributed by atoms with van der Waals surface area (Å²) in [6.45, 7) is 1.62. The molecule has 18 heavy (non-hydrogen) atoms. The lowest BCUT2D eigenvalue weighted by Gasteiger charge is -2.13. The van der Waals surface area contributed by atoms with E-state index in [0.29, 0.717) is 0 Å². The van der Waals surface area contributed by atoms with Gasteiger partial charge in [0.05, 0.1) is 18.6 Å². The maximum Gasteiger partial charge on any atom is 0.417 e. The summed E-state index contributed by atoms with van der Waals surface area (Å²) >= 11 is 1.00. The summed E-state index contributed by atoms with van der Waals surface area (Å²) in [7, 11) is 1.26. The van der Waals surface area contributed by atoms with E-state index < -0.39 is 23.6 Å². The summed E-state index contributed by atoms with van der Waals surface area (Å²) in [4.78, 5) is 11.3. The molecule has 0 aromatic heterocycles. The highest BCUT2D eigenvalue weighted by Crippen LogP contribution is 2.36. The van der Waals surface area contributed by atoms with Gasteiger partial charge in [0.25, 0.3) is 0 Å². The van der Waals surface area contributed by atoms with Crippen molar-refractivity contribution in [3.8, 4) is 0 Å². The molecule has 0 radical (unpaired) electrons. The third-order valence-electron chi connectivity index (χ3n) is 2.28. The van der Waals surface area contributed by atoms with Crippen molar-refractivity contribution in [2.75, 3.05) is 12.9 Å². The van der Waals surface area contributed by atoms with Gasteiger partial charge in [-0.05, 0) is 12.1 Å². The van der Waals surface area contributed by atoms with E-state index in [0.717, 1.165) is 17.8 Å². The quantitative estimate of drug-likeness (QED) is 0.621. The number of carbonyl (C=O) groups excluding carboxylic acids is 1. The number of thioether (sulfide) groups is 1. The zero-order valence-corrected chi connectivity index (χ0v) is 10.8. The molecule has 0 saturated heterocycles. The Morgan fingerprint density at radius 3 is 2.56 bits per heavy atom. The second kappa shape index (κ2) is 6.13. The normalized spacial score (nSPS) is 13.2. The van der Waals surface area contributed by atoms with Crippen LogP contribution in [-0.2, 0) is 15.7 Å². The number of esters is 1. The third-order valence-corrected chi connectivity index (χ3v) is 3.62.